The van der Waals surface area contributed by atoms with Crippen molar-refractivity contribution in [2.45, 2.75) is 32.5 Å². The summed E-state index contributed by atoms with van der Waals surface area (Å²) in [5.74, 6) is -2.19. The van der Waals surface area contributed by atoms with E-state index in [0.717, 1.165) is 5.56 Å². The van der Waals surface area contributed by atoms with Crippen LogP contribution in [0.4, 0.5) is 23.7 Å². The normalized spacial score (nSPS) is 14.2. The molecule has 21 heavy (non-hydrogen) atoms. The van der Waals surface area contributed by atoms with Gasteiger partial charge in [-0.2, -0.15) is 13.2 Å². The fraction of sp³-hybridized carbons (Fsp3) is 0.385. The number of nitrogens with one attached hydrogen (secondary N) is 2. The summed E-state index contributed by atoms with van der Waals surface area (Å²) in [4.78, 5) is 22.4. The highest BCUT2D eigenvalue weighted by Gasteiger charge is 2.58. The Hall–Kier alpha value is -2.25. The number of amides is 2. The molecule has 1 aromatic carbocycles. The second-order valence-electron chi connectivity index (χ2n) is 4.83. The molecule has 1 rings (SSSR count). The van der Waals surface area contributed by atoms with E-state index in [1.807, 2.05) is 6.92 Å². The number of aliphatic carboxylic acids is 1. The minimum absolute atomic E-state index is 0.299. The van der Waals surface area contributed by atoms with E-state index in [0.29, 0.717) is 18.2 Å². The number of benzene rings is 1. The SMILES string of the molecule is Cc1ccc(NC(=O)NC(C)(C(=O)O)C(F)(F)F)c(C)c1. The van der Waals surface area contributed by atoms with Gasteiger partial charge in [-0.15, -0.1) is 0 Å². The second-order valence-corrected chi connectivity index (χ2v) is 4.83. The zero-order chi connectivity index (χ0) is 16.4. The molecule has 0 fully saturated rings. The molecule has 1 unspecified atom stereocenters. The number of hydrogen-bond acceptors (Lipinski definition) is 2. The zero-order valence-electron chi connectivity index (χ0n) is 11.6. The van der Waals surface area contributed by atoms with E-state index < -0.39 is 23.7 Å². The average Bonchev–Trinajstić information content (AvgIpc) is 2.31. The van der Waals surface area contributed by atoms with Crippen LogP contribution in [0.5, 0.6) is 0 Å². The van der Waals surface area contributed by atoms with E-state index in [2.05, 4.69) is 5.32 Å². The van der Waals surface area contributed by atoms with E-state index in [1.165, 1.54) is 11.4 Å². The van der Waals surface area contributed by atoms with Crippen LogP contribution in [0.1, 0.15) is 18.1 Å². The van der Waals surface area contributed by atoms with Crippen molar-refractivity contribution in [2.24, 2.45) is 0 Å². The van der Waals surface area contributed by atoms with Crippen molar-refractivity contribution in [3.05, 3.63) is 29.3 Å². The van der Waals surface area contributed by atoms with Crippen LogP contribution >= 0.6 is 0 Å². The molecule has 8 heteroatoms. The number of hydrogen-bond donors (Lipinski definition) is 3. The molecule has 0 saturated carbocycles. The van der Waals surface area contributed by atoms with Crippen LogP contribution in [0.15, 0.2) is 18.2 Å². The Morgan fingerprint density at radius 3 is 2.19 bits per heavy atom. The highest BCUT2D eigenvalue weighted by atomic mass is 19.4. The van der Waals surface area contributed by atoms with Gasteiger partial charge >= 0.3 is 18.2 Å². The van der Waals surface area contributed by atoms with Crippen molar-refractivity contribution in [2.75, 3.05) is 5.32 Å². The molecule has 0 aliphatic rings. The summed E-state index contributed by atoms with van der Waals surface area (Å²) < 4.78 is 38.3. The summed E-state index contributed by atoms with van der Waals surface area (Å²) in [5, 5.41) is 12.4. The molecular formula is C13H15F3N2O3. The quantitative estimate of drug-likeness (QED) is 0.803. The lowest BCUT2D eigenvalue weighted by atomic mass is 10.0. The fourth-order valence-electron chi connectivity index (χ4n) is 1.58. The molecule has 1 atom stereocenters. The maximum absolute atomic E-state index is 12.8. The van der Waals surface area contributed by atoms with Gasteiger partial charge in [-0.25, -0.2) is 9.59 Å². The zero-order valence-corrected chi connectivity index (χ0v) is 11.6. The molecule has 116 valence electrons. The first-order valence-corrected chi connectivity index (χ1v) is 5.94. The van der Waals surface area contributed by atoms with E-state index in [9.17, 15) is 22.8 Å². The first kappa shape index (κ1) is 16.8. The summed E-state index contributed by atoms with van der Waals surface area (Å²) in [7, 11) is 0. The van der Waals surface area contributed by atoms with Gasteiger partial charge in [-0.1, -0.05) is 17.7 Å². The molecule has 0 aliphatic carbocycles. The number of rotatable bonds is 3. The van der Waals surface area contributed by atoms with Gasteiger partial charge in [0.1, 0.15) is 0 Å². The molecule has 0 heterocycles. The monoisotopic (exact) mass is 304 g/mol. The van der Waals surface area contributed by atoms with E-state index in [4.69, 9.17) is 5.11 Å². The summed E-state index contributed by atoms with van der Waals surface area (Å²) in [6.45, 7) is 3.88. The van der Waals surface area contributed by atoms with E-state index >= 15 is 0 Å². The summed E-state index contributed by atoms with van der Waals surface area (Å²) in [5.41, 5.74) is -1.50. The second kappa shape index (κ2) is 5.63. The third kappa shape index (κ3) is 3.65. The first-order chi connectivity index (χ1) is 9.47. The van der Waals surface area contributed by atoms with Gasteiger partial charge in [0.05, 0.1) is 0 Å². The van der Waals surface area contributed by atoms with Crippen molar-refractivity contribution >= 4 is 17.7 Å². The number of urea groups is 1. The number of anilines is 1. The summed E-state index contributed by atoms with van der Waals surface area (Å²) in [6, 6.07) is 3.68. The minimum atomic E-state index is -5.13. The van der Waals surface area contributed by atoms with E-state index in [-0.39, 0.29) is 0 Å². The number of aryl methyl sites for hydroxylation is 2. The molecule has 3 N–H and O–H groups in total. The molecule has 0 spiro atoms. The molecule has 0 aromatic heterocycles. The average molecular weight is 304 g/mol. The largest absolute Gasteiger partial charge is 0.479 e. The van der Waals surface area contributed by atoms with Crippen LogP contribution in [0.25, 0.3) is 0 Å². The third-order valence-electron chi connectivity index (χ3n) is 2.99. The standard InChI is InChI=1S/C13H15F3N2O3/c1-7-4-5-9(8(2)6-7)17-11(21)18-12(3,10(19)20)13(14,15)16/h4-6H,1-3H3,(H,19,20)(H2,17,18,21). The first-order valence-electron chi connectivity index (χ1n) is 5.94. The number of halogens is 3. The molecule has 0 bridgehead atoms. The number of carbonyl (C=O) groups excluding carboxylic acids is 1. The molecule has 0 radical (unpaired) electrons. The van der Waals surface area contributed by atoms with Crippen molar-refractivity contribution in [3.8, 4) is 0 Å². The van der Waals surface area contributed by atoms with Gasteiger partial charge in [-0.05, 0) is 32.4 Å². The molecule has 2 amide bonds. The maximum Gasteiger partial charge on any atom is 0.422 e. The highest BCUT2D eigenvalue weighted by molar-refractivity contribution is 5.94. The Bertz CT molecular complexity index is 572. The fourth-order valence-corrected chi connectivity index (χ4v) is 1.58. The van der Waals surface area contributed by atoms with Crippen LogP contribution in [0.2, 0.25) is 0 Å². The van der Waals surface area contributed by atoms with Crippen LogP contribution in [0.3, 0.4) is 0 Å². The predicted octanol–water partition coefficient (Wildman–Crippen LogP) is 2.83. The smallest absolute Gasteiger partial charge is 0.422 e. The van der Waals surface area contributed by atoms with Crippen molar-refractivity contribution < 1.29 is 27.9 Å². The van der Waals surface area contributed by atoms with Gasteiger partial charge in [0, 0.05) is 5.69 Å². The molecule has 1 aromatic rings. The van der Waals surface area contributed by atoms with Crippen LogP contribution in [-0.4, -0.2) is 28.8 Å². The molecule has 5 nitrogen and oxygen atoms in total. The van der Waals surface area contributed by atoms with E-state index in [1.54, 1.807) is 19.1 Å². The number of carboxylic acid groups (broad SMARTS) is 1. The molecule has 0 aliphatic heterocycles. The van der Waals surface area contributed by atoms with Crippen LogP contribution < -0.4 is 10.6 Å². The lowest BCUT2D eigenvalue weighted by molar-refractivity contribution is -0.203. The van der Waals surface area contributed by atoms with Gasteiger partial charge in [0.2, 0.25) is 5.54 Å². The van der Waals surface area contributed by atoms with Gasteiger partial charge in [-0.3, -0.25) is 0 Å². The van der Waals surface area contributed by atoms with Gasteiger partial charge in [0.15, 0.2) is 0 Å². The summed E-state index contributed by atoms with van der Waals surface area (Å²) in [6.07, 6.45) is -5.13. The maximum atomic E-state index is 12.8. The number of alkyl halides is 3. The Morgan fingerprint density at radius 1 is 1.19 bits per heavy atom. The summed E-state index contributed by atoms with van der Waals surface area (Å²) >= 11 is 0. The molecular weight excluding hydrogens is 289 g/mol. The lowest BCUT2D eigenvalue weighted by Gasteiger charge is -2.28. The lowest BCUT2D eigenvalue weighted by Crippen LogP contribution is -2.62. The minimum Gasteiger partial charge on any atom is -0.479 e. The Morgan fingerprint density at radius 2 is 1.76 bits per heavy atom. The van der Waals surface area contributed by atoms with Crippen molar-refractivity contribution in [1.82, 2.24) is 5.32 Å². The van der Waals surface area contributed by atoms with Gasteiger partial charge < -0.3 is 15.7 Å². The van der Waals surface area contributed by atoms with Crippen LogP contribution in [0, 0.1) is 13.8 Å². The topological polar surface area (TPSA) is 78.4 Å². The van der Waals surface area contributed by atoms with Crippen LogP contribution in [-0.2, 0) is 4.79 Å². The highest BCUT2D eigenvalue weighted by Crippen LogP contribution is 2.30. The van der Waals surface area contributed by atoms with Gasteiger partial charge in [0.25, 0.3) is 0 Å². The number of carbonyl (C=O) groups is 2. The number of carboxylic acids is 1. The molecule has 0 saturated heterocycles. The predicted molar refractivity (Wildman–Crippen MR) is 70.2 cm³/mol. The third-order valence-corrected chi connectivity index (χ3v) is 2.99. The van der Waals surface area contributed by atoms with Crippen molar-refractivity contribution in [1.29, 1.82) is 0 Å². The van der Waals surface area contributed by atoms with Crippen molar-refractivity contribution in [3.63, 3.8) is 0 Å². The Balaban J connectivity index is 2.92. The Labute approximate surface area is 119 Å². The Kier molecular flexibility index (Phi) is 4.50.